The van der Waals surface area contributed by atoms with E-state index < -0.39 is 7.32 Å². The smallest absolute Gasteiger partial charge is 0.133 e. The highest BCUT2D eigenvalue weighted by Gasteiger charge is 2.00. The molecule has 15 heavy (non-hydrogen) atoms. The highest BCUT2D eigenvalue weighted by molar-refractivity contribution is 6.29. The first-order chi connectivity index (χ1) is 7.13. The molecule has 0 spiro atoms. The zero-order valence-electron chi connectivity index (χ0n) is 8.86. The summed E-state index contributed by atoms with van der Waals surface area (Å²) in [6.45, 7) is 4.50. The van der Waals surface area contributed by atoms with Gasteiger partial charge >= 0.3 is 0 Å². The molecule has 0 unspecified atom stereocenters. The highest BCUT2D eigenvalue weighted by atomic mass is 16.6. The van der Waals surface area contributed by atoms with Crippen molar-refractivity contribution in [2.75, 3.05) is 6.61 Å². The van der Waals surface area contributed by atoms with E-state index in [4.69, 9.17) is 4.74 Å². The van der Waals surface area contributed by atoms with Crippen molar-refractivity contribution in [1.82, 2.24) is 0 Å². The van der Waals surface area contributed by atoms with Gasteiger partial charge in [-0.25, -0.2) is 0 Å². The van der Waals surface area contributed by atoms with E-state index in [1.54, 1.807) is 18.2 Å². The number of ether oxygens (including phenoxy) is 1. The van der Waals surface area contributed by atoms with E-state index in [1.807, 2.05) is 13.8 Å². The molecule has 0 amide bonds. The Kier molecular flexibility index (Phi) is 4.46. The first-order valence-corrected chi connectivity index (χ1v) is 4.85. The molecule has 1 aromatic rings. The van der Waals surface area contributed by atoms with E-state index >= 15 is 0 Å². The normalized spacial score (nSPS) is 9.87. The second-order valence-corrected chi connectivity index (χ2v) is 3.18. The average Bonchev–Trinajstić information content (AvgIpc) is 2.15. The van der Waals surface area contributed by atoms with Gasteiger partial charge in [0.15, 0.2) is 0 Å². The number of benzene rings is 1. The van der Waals surface area contributed by atoms with Crippen LogP contribution in [0.1, 0.15) is 18.9 Å². The first-order valence-electron chi connectivity index (χ1n) is 4.85. The zero-order chi connectivity index (χ0) is 11.3. The summed E-state index contributed by atoms with van der Waals surface area (Å²) < 4.78 is 9.92. The number of hydrogen-bond acceptors (Lipinski definition) is 4. The molecule has 0 fully saturated rings. The van der Waals surface area contributed by atoms with Gasteiger partial charge in [0.1, 0.15) is 13.1 Å². The molecule has 4 nitrogen and oxygen atoms in total. The molecule has 0 radical (unpaired) electrons. The molecule has 0 saturated heterocycles. The maximum atomic E-state index is 10.3. The summed E-state index contributed by atoms with van der Waals surface area (Å²) >= 11 is 0. The molecule has 1 aromatic carbocycles. The van der Waals surface area contributed by atoms with Crippen LogP contribution < -0.4 is 19.4 Å². The summed E-state index contributed by atoms with van der Waals surface area (Å²) in [5.74, 6) is 1.03. The predicted molar refractivity (Wildman–Crippen MR) is 53.3 cm³/mol. The van der Waals surface area contributed by atoms with Crippen LogP contribution in [-0.4, -0.2) is 13.9 Å². The van der Waals surface area contributed by atoms with Crippen molar-refractivity contribution >= 4 is 7.32 Å². The van der Waals surface area contributed by atoms with E-state index in [1.165, 1.54) is 0 Å². The third kappa shape index (κ3) is 3.81. The van der Waals surface area contributed by atoms with E-state index in [-0.39, 0.29) is 5.75 Å². The Morgan fingerprint density at radius 3 is 2.60 bits per heavy atom. The standard InChI is InChI=1S/C10H13BO4/c1-3-6-14-10-5-4-9(7-8(10)2)15-11(12)13/h4-5,7H,3,6H2,1-2H3/q-2. The highest BCUT2D eigenvalue weighted by Crippen LogP contribution is 2.23. The minimum atomic E-state index is -2.29. The molecule has 0 aliphatic rings. The van der Waals surface area contributed by atoms with Crippen molar-refractivity contribution in [3.63, 3.8) is 0 Å². The van der Waals surface area contributed by atoms with Crippen LogP contribution in [0.15, 0.2) is 18.2 Å². The van der Waals surface area contributed by atoms with Gasteiger partial charge in [0.05, 0.1) is 12.4 Å². The second kappa shape index (κ2) is 5.63. The SMILES string of the molecule is CCCOc1ccc(OB([O-])[O-])cc1C. The van der Waals surface area contributed by atoms with Gasteiger partial charge in [0.2, 0.25) is 0 Å². The second-order valence-electron chi connectivity index (χ2n) is 3.18. The lowest BCUT2D eigenvalue weighted by Gasteiger charge is -2.27. The Hall–Kier alpha value is -1.20. The molecular weight excluding hydrogens is 195 g/mol. The zero-order valence-corrected chi connectivity index (χ0v) is 8.86. The maximum absolute atomic E-state index is 10.3. The van der Waals surface area contributed by atoms with Gasteiger partial charge in [0.25, 0.3) is 0 Å². The fourth-order valence-corrected chi connectivity index (χ4v) is 1.18. The van der Waals surface area contributed by atoms with Gasteiger partial charge < -0.3 is 19.4 Å². The fourth-order valence-electron chi connectivity index (χ4n) is 1.18. The molecule has 0 saturated carbocycles. The Morgan fingerprint density at radius 1 is 1.33 bits per heavy atom. The summed E-state index contributed by atoms with van der Waals surface area (Å²) in [6, 6.07) is 4.87. The van der Waals surface area contributed by atoms with Gasteiger partial charge in [-0.15, -0.1) is 0 Å². The lowest BCUT2D eigenvalue weighted by atomic mass is 10.2. The van der Waals surface area contributed by atoms with Crippen LogP contribution in [0.4, 0.5) is 0 Å². The van der Waals surface area contributed by atoms with Crippen LogP contribution in [0.25, 0.3) is 0 Å². The van der Waals surface area contributed by atoms with Crippen LogP contribution in [0, 0.1) is 6.92 Å². The van der Waals surface area contributed by atoms with E-state index in [2.05, 4.69) is 4.65 Å². The quantitative estimate of drug-likeness (QED) is 0.632. The minimum Gasteiger partial charge on any atom is -0.860 e. The van der Waals surface area contributed by atoms with Gasteiger partial charge in [-0.05, 0) is 37.1 Å². The minimum absolute atomic E-state index is 0.284. The van der Waals surface area contributed by atoms with Gasteiger partial charge in [0, 0.05) is 0 Å². The van der Waals surface area contributed by atoms with Crippen molar-refractivity contribution in [1.29, 1.82) is 0 Å². The molecule has 0 heterocycles. The van der Waals surface area contributed by atoms with E-state index in [9.17, 15) is 10.0 Å². The van der Waals surface area contributed by atoms with Crippen LogP contribution in [0.3, 0.4) is 0 Å². The molecule has 0 aromatic heterocycles. The summed E-state index contributed by atoms with van der Waals surface area (Å²) in [5, 5.41) is 20.5. The third-order valence-corrected chi connectivity index (χ3v) is 1.84. The van der Waals surface area contributed by atoms with Crippen molar-refractivity contribution in [2.45, 2.75) is 20.3 Å². The largest absolute Gasteiger partial charge is 0.860 e. The van der Waals surface area contributed by atoms with Crippen LogP contribution >= 0.6 is 0 Å². The molecule has 0 aliphatic carbocycles. The topological polar surface area (TPSA) is 64.6 Å². The number of hydrogen-bond donors (Lipinski definition) is 0. The molecule has 1 rings (SSSR count). The summed E-state index contributed by atoms with van der Waals surface area (Å²) in [5.41, 5.74) is 0.849. The van der Waals surface area contributed by atoms with E-state index in [0.717, 1.165) is 17.7 Å². The van der Waals surface area contributed by atoms with Crippen LogP contribution in [-0.2, 0) is 0 Å². The van der Waals surface area contributed by atoms with Crippen molar-refractivity contribution in [3.05, 3.63) is 23.8 Å². The Labute approximate surface area is 89.6 Å². The van der Waals surface area contributed by atoms with Crippen molar-refractivity contribution < 1.29 is 19.4 Å². The first kappa shape index (κ1) is 11.9. The lowest BCUT2D eigenvalue weighted by Crippen LogP contribution is -2.50. The predicted octanol–water partition coefficient (Wildman–Crippen LogP) is -0.132. The Bertz CT molecular complexity index is 314. The molecule has 5 heteroatoms. The Morgan fingerprint density at radius 2 is 2.07 bits per heavy atom. The van der Waals surface area contributed by atoms with Gasteiger partial charge in [-0.3, -0.25) is 0 Å². The monoisotopic (exact) mass is 208 g/mol. The molecular formula is C10H13BO4-2. The molecule has 0 atom stereocenters. The van der Waals surface area contributed by atoms with Gasteiger partial charge in [-0.1, -0.05) is 6.92 Å². The average molecular weight is 208 g/mol. The maximum Gasteiger partial charge on any atom is 0.133 e. The summed E-state index contributed by atoms with van der Waals surface area (Å²) in [7, 11) is -2.29. The lowest BCUT2D eigenvalue weighted by molar-refractivity contribution is -0.372. The van der Waals surface area contributed by atoms with E-state index in [0.29, 0.717) is 6.61 Å². The number of aryl methyl sites for hydroxylation is 1. The van der Waals surface area contributed by atoms with Crippen LogP contribution in [0.5, 0.6) is 11.5 Å². The molecule has 0 aliphatic heterocycles. The summed E-state index contributed by atoms with van der Waals surface area (Å²) in [4.78, 5) is 0. The van der Waals surface area contributed by atoms with Crippen LogP contribution in [0.2, 0.25) is 0 Å². The van der Waals surface area contributed by atoms with Crippen molar-refractivity contribution in [3.8, 4) is 11.5 Å². The molecule has 0 N–H and O–H groups in total. The third-order valence-electron chi connectivity index (χ3n) is 1.84. The fraction of sp³-hybridized carbons (Fsp3) is 0.400. The van der Waals surface area contributed by atoms with Gasteiger partial charge in [-0.2, -0.15) is 0 Å². The summed E-state index contributed by atoms with van der Waals surface area (Å²) in [6.07, 6.45) is 0.931. The molecule has 0 bridgehead atoms. The number of rotatable bonds is 5. The van der Waals surface area contributed by atoms with Crippen molar-refractivity contribution in [2.24, 2.45) is 0 Å². The Balaban J connectivity index is 2.69. The molecule has 82 valence electrons.